The van der Waals surface area contributed by atoms with Gasteiger partial charge in [0.05, 0.1) is 6.17 Å². The van der Waals surface area contributed by atoms with Gasteiger partial charge in [0.1, 0.15) is 0 Å². The van der Waals surface area contributed by atoms with Crippen LogP contribution in [0.4, 0.5) is 0 Å². The summed E-state index contributed by atoms with van der Waals surface area (Å²) >= 11 is 0. The van der Waals surface area contributed by atoms with Crippen LogP contribution < -0.4 is 0 Å². The smallest absolute Gasteiger partial charge is 0.376 e. The van der Waals surface area contributed by atoms with E-state index in [1.807, 2.05) is 0 Å². The molecule has 0 aliphatic carbocycles. The predicted molar refractivity (Wildman–Crippen MR) is 117 cm³/mol. The van der Waals surface area contributed by atoms with E-state index < -0.39 is 8.80 Å². The highest BCUT2D eigenvalue weighted by Gasteiger charge is 2.39. The van der Waals surface area contributed by atoms with Gasteiger partial charge in [0, 0.05) is 21.3 Å². The van der Waals surface area contributed by atoms with E-state index in [0.29, 0.717) is 0 Å². The van der Waals surface area contributed by atoms with Gasteiger partial charge >= 0.3 is 8.80 Å². The van der Waals surface area contributed by atoms with Crippen molar-refractivity contribution >= 4 is 8.80 Å². The van der Waals surface area contributed by atoms with E-state index >= 15 is 0 Å². The monoisotopic (exact) mass is 405 g/mol. The molecule has 164 valence electrons. The van der Waals surface area contributed by atoms with Crippen LogP contribution >= 0.6 is 0 Å². The first kappa shape index (κ1) is 27.0. The molecule has 0 saturated heterocycles. The number of rotatable bonds is 19. The summed E-state index contributed by atoms with van der Waals surface area (Å²) in [6.45, 7) is 18.1. The summed E-state index contributed by atoms with van der Waals surface area (Å²) in [4.78, 5) is 7.56. The van der Waals surface area contributed by atoms with Gasteiger partial charge in [-0.3, -0.25) is 4.90 Å². The first-order chi connectivity index (χ1) is 13.0. The lowest BCUT2D eigenvalue weighted by Gasteiger charge is -2.32. The Kier molecular flexibility index (Phi) is 16.9. The second kappa shape index (κ2) is 16.9. The molecule has 0 unspecified atom stereocenters. The van der Waals surface area contributed by atoms with E-state index in [2.05, 4.69) is 42.4 Å². The zero-order valence-electron chi connectivity index (χ0n) is 19.3. The fourth-order valence-corrected chi connectivity index (χ4v) is 5.26. The third-order valence-corrected chi connectivity index (χ3v) is 7.92. The molecule has 27 heavy (non-hydrogen) atoms. The lowest BCUT2D eigenvalue weighted by molar-refractivity contribution is 0.0999. The average Bonchev–Trinajstić information content (AvgIpc) is 2.70. The highest BCUT2D eigenvalue weighted by molar-refractivity contribution is 6.60. The highest BCUT2D eigenvalue weighted by atomic mass is 28.4. The topological polar surface area (TPSA) is 37.4 Å². The SMILES string of the molecule is CCCN(CC)CCCN(CCCN(CC)CCC)C[Si](OC)(OC)OC. The van der Waals surface area contributed by atoms with E-state index in [1.165, 1.54) is 38.8 Å². The summed E-state index contributed by atoms with van der Waals surface area (Å²) in [6.07, 6.45) is 5.53. The summed E-state index contributed by atoms with van der Waals surface area (Å²) in [6, 6.07) is 0. The molecule has 0 aromatic rings. The van der Waals surface area contributed by atoms with Crippen LogP contribution in [-0.4, -0.2) is 103 Å². The molecule has 0 aromatic heterocycles. The molecule has 0 saturated carbocycles. The van der Waals surface area contributed by atoms with Crippen molar-refractivity contribution < 1.29 is 13.3 Å². The summed E-state index contributed by atoms with van der Waals surface area (Å²) < 4.78 is 17.0. The minimum Gasteiger partial charge on any atom is -0.376 e. The van der Waals surface area contributed by atoms with E-state index in [1.54, 1.807) is 21.3 Å². The molecule has 0 N–H and O–H groups in total. The van der Waals surface area contributed by atoms with Gasteiger partial charge in [0.2, 0.25) is 0 Å². The molecule has 0 fully saturated rings. The number of hydrogen-bond donors (Lipinski definition) is 0. The first-order valence-electron chi connectivity index (χ1n) is 10.9. The van der Waals surface area contributed by atoms with Gasteiger partial charge in [-0.25, -0.2) is 0 Å². The molecule has 7 heteroatoms. The summed E-state index contributed by atoms with van der Waals surface area (Å²) in [5.41, 5.74) is 0. The van der Waals surface area contributed by atoms with E-state index in [0.717, 1.165) is 45.4 Å². The molecule has 6 nitrogen and oxygen atoms in total. The van der Waals surface area contributed by atoms with Crippen molar-refractivity contribution in [3.05, 3.63) is 0 Å². The van der Waals surface area contributed by atoms with Gasteiger partial charge in [-0.05, 0) is 78.0 Å². The van der Waals surface area contributed by atoms with E-state index in [-0.39, 0.29) is 0 Å². The molecule has 0 radical (unpaired) electrons. The maximum atomic E-state index is 5.67. The normalized spacial score (nSPS) is 12.7. The van der Waals surface area contributed by atoms with Crippen molar-refractivity contribution in [3.8, 4) is 0 Å². The Balaban J connectivity index is 4.69. The molecular weight excluding hydrogens is 358 g/mol. The third kappa shape index (κ3) is 11.5. The van der Waals surface area contributed by atoms with Crippen molar-refractivity contribution in [2.24, 2.45) is 0 Å². The fourth-order valence-electron chi connectivity index (χ4n) is 3.51. The highest BCUT2D eigenvalue weighted by Crippen LogP contribution is 2.10. The standard InChI is InChI=1S/C20H47N3O3Si/c1-8-14-21(10-3)16-12-18-23(20-27(24-5,25-6)26-7)19-13-17-22(11-4)15-9-2/h8-20H2,1-7H3. The van der Waals surface area contributed by atoms with Gasteiger partial charge in [-0.15, -0.1) is 0 Å². The van der Waals surface area contributed by atoms with Crippen molar-refractivity contribution in [3.63, 3.8) is 0 Å². The Hall–Kier alpha value is -0.0231. The molecule has 0 heterocycles. The second-order valence-corrected chi connectivity index (χ2v) is 10.1. The summed E-state index contributed by atoms with van der Waals surface area (Å²) in [5, 5.41) is 0. The number of nitrogens with zero attached hydrogens (tertiary/aromatic N) is 3. The van der Waals surface area contributed by atoms with Gasteiger partial charge < -0.3 is 23.1 Å². The lowest BCUT2D eigenvalue weighted by Crippen LogP contribution is -2.54. The van der Waals surface area contributed by atoms with Gasteiger partial charge in [0.15, 0.2) is 0 Å². The largest absolute Gasteiger partial charge is 0.514 e. The maximum Gasteiger partial charge on any atom is 0.514 e. The van der Waals surface area contributed by atoms with Gasteiger partial charge in [-0.2, -0.15) is 0 Å². The van der Waals surface area contributed by atoms with Crippen LogP contribution in [0.3, 0.4) is 0 Å². The van der Waals surface area contributed by atoms with Crippen molar-refractivity contribution in [1.29, 1.82) is 0 Å². The molecule has 0 rings (SSSR count). The summed E-state index contributed by atoms with van der Waals surface area (Å²) in [7, 11) is 2.53. The van der Waals surface area contributed by atoms with Crippen LogP contribution in [0, 0.1) is 0 Å². The van der Waals surface area contributed by atoms with Crippen LogP contribution in [0.15, 0.2) is 0 Å². The fraction of sp³-hybridized carbons (Fsp3) is 1.00. The second-order valence-electron chi connectivity index (χ2n) is 7.15. The van der Waals surface area contributed by atoms with Crippen LogP contribution in [0.25, 0.3) is 0 Å². The Bertz CT molecular complexity index is 305. The average molecular weight is 406 g/mol. The van der Waals surface area contributed by atoms with Crippen molar-refractivity contribution in [2.75, 3.05) is 79.9 Å². The molecular formula is C20H47N3O3Si. The zero-order valence-corrected chi connectivity index (χ0v) is 20.3. The van der Waals surface area contributed by atoms with Crippen molar-refractivity contribution in [1.82, 2.24) is 14.7 Å². The van der Waals surface area contributed by atoms with Gasteiger partial charge in [-0.1, -0.05) is 27.7 Å². The Morgan fingerprint density at radius 1 is 0.556 bits per heavy atom. The quantitative estimate of drug-likeness (QED) is 0.308. The molecule has 0 aliphatic heterocycles. The Morgan fingerprint density at radius 3 is 1.22 bits per heavy atom. The van der Waals surface area contributed by atoms with Gasteiger partial charge in [0.25, 0.3) is 0 Å². The van der Waals surface area contributed by atoms with Crippen molar-refractivity contribution in [2.45, 2.75) is 53.4 Å². The zero-order chi connectivity index (χ0) is 20.5. The van der Waals surface area contributed by atoms with Crippen LogP contribution in [0.5, 0.6) is 0 Å². The van der Waals surface area contributed by atoms with E-state index in [4.69, 9.17) is 13.3 Å². The Labute approximate surface area is 170 Å². The minimum absolute atomic E-state index is 0.760. The summed E-state index contributed by atoms with van der Waals surface area (Å²) in [5.74, 6) is 0. The molecule has 0 amide bonds. The molecule has 0 aliphatic rings. The molecule has 0 aromatic carbocycles. The maximum absolute atomic E-state index is 5.67. The van der Waals surface area contributed by atoms with Crippen LogP contribution in [-0.2, 0) is 13.3 Å². The predicted octanol–water partition coefficient (Wildman–Crippen LogP) is 2.95. The lowest BCUT2D eigenvalue weighted by atomic mass is 10.3. The van der Waals surface area contributed by atoms with Crippen LogP contribution in [0.2, 0.25) is 0 Å². The van der Waals surface area contributed by atoms with E-state index in [9.17, 15) is 0 Å². The Morgan fingerprint density at radius 2 is 0.926 bits per heavy atom. The first-order valence-corrected chi connectivity index (χ1v) is 12.8. The third-order valence-electron chi connectivity index (χ3n) is 5.22. The molecule has 0 atom stereocenters. The molecule has 0 spiro atoms. The van der Waals surface area contributed by atoms with Crippen LogP contribution in [0.1, 0.15) is 53.4 Å². The minimum atomic E-state index is -2.58. The molecule has 0 bridgehead atoms. The number of hydrogen-bond acceptors (Lipinski definition) is 6.